The average molecular weight is 165 g/mol. The quantitative estimate of drug-likeness (QED) is 0.661. The van der Waals surface area contributed by atoms with E-state index in [9.17, 15) is 0 Å². The van der Waals surface area contributed by atoms with Crippen LogP contribution in [0.4, 0.5) is 0 Å². The monoisotopic (exact) mass is 165 g/mol. The van der Waals surface area contributed by atoms with Crippen LogP contribution in [0.25, 0.3) is 0 Å². The van der Waals surface area contributed by atoms with Crippen LogP contribution in [0.15, 0.2) is 0 Å². The van der Waals surface area contributed by atoms with E-state index in [1.165, 1.54) is 45.1 Å². The first-order chi connectivity index (χ1) is 5.93. The molecule has 2 aliphatic carbocycles. The van der Waals surface area contributed by atoms with Crippen LogP contribution < -0.4 is 5.32 Å². The molecule has 1 heterocycles. The van der Waals surface area contributed by atoms with E-state index in [1.807, 2.05) is 0 Å². The summed E-state index contributed by atoms with van der Waals surface area (Å²) in [6.07, 6.45) is 9.07. The fourth-order valence-electron chi connectivity index (χ4n) is 2.77. The topological polar surface area (TPSA) is 12.0 Å². The molecule has 1 saturated heterocycles. The summed E-state index contributed by atoms with van der Waals surface area (Å²) in [5, 5.41) is 3.75. The fraction of sp³-hybridized carbons (Fsp3) is 1.00. The van der Waals surface area contributed by atoms with Gasteiger partial charge in [0.1, 0.15) is 0 Å². The molecular formula is C11H19N. The molecule has 68 valence electrons. The van der Waals surface area contributed by atoms with Gasteiger partial charge in [-0.3, -0.25) is 0 Å². The molecule has 0 spiro atoms. The van der Waals surface area contributed by atoms with Crippen LogP contribution in [0.1, 0.15) is 38.5 Å². The highest BCUT2D eigenvalue weighted by atomic mass is 14.9. The van der Waals surface area contributed by atoms with Gasteiger partial charge in [-0.25, -0.2) is 0 Å². The number of hydrogen-bond acceptors (Lipinski definition) is 1. The first-order valence-electron chi connectivity index (χ1n) is 5.67. The second kappa shape index (κ2) is 2.73. The molecule has 0 bridgehead atoms. The van der Waals surface area contributed by atoms with Crippen molar-refractivity contribution in [3.05, 3.63) is 0 Å². The Labute approximate surface area is 74.9 Å². The lowest BCUT2D eigenvalue weighted by atomic mass is 9.89. The van der Waals surface area contributed by atoms with Gasteiger partial charge in [-0.2, -0.15) is 0 Å². The van der Waals surface area contributed by atoms with Gasteiger partial charge in [0, 0.05) is 6.04 Å². The first kappa shape index (κ1) is 7.37. The number of nitrogens with one attached hydrogen (secondary N) is 1. The van der Waals surface area contributed by atoms with E-state index >= 15 is 0 Å². The Morgan fingerprint density at radius 1 is 0.667 bits per heavy atom. The van der Waals surface area contributed by atoms with Crippen LogP contribution in [0.2, 0.25) is 0 Å². The van der Waals surface area contributed by atoms with Crippen LogP contribution >= 0.6 is 0 Å². The third-order valence-electron chi connectivity index (χ3n) is 3.97. The third kappa shape index (κ3) is 1.39. The van der Waals surface area contributed by atoms with Crippen LogP contribution in [0.5, 0.6) is 0 Å². The molecular weight excluding hydrogens is 146 g/mol. The van der Waals surface area contributed by atoms with Crippen LogP contribution in [-0.2, 0) is 0 Å². The maximum Gasteiger partial charge on any atom is 0.00955 e. The van der Waals surface area contributed by atoms with Crippen molar-refractivity contribution in [1.82, 2.24) is 5.32 Å². The summed E-state index contributed by atoms with van der Waals surface area (Å²) >= 11 is 0. The summed E-state index contributed by atoms with van der Waals surface area (Å²) in [6, 6.07) is 0.917. The van der Waals surface area contributed by atoms with Crippen molar-refractivity contribution in [3.63, 3.8) is 0 Å². The van der Waals surface area contributed by atoms with Gasteiger partial charge in [0.05, 0.1) is 0 Å². The Bertz CT molecular complexity index is 142. The summed E-state index contributed by atoms with van der Waals surface area (Å²) in [5.41, 5.74) is 0. The van der Waals surface area contributed by atoms with Crippen molar-refractivity contribution in [3.8, 4) is 0 Å². The van der Waals surface area contributed by atoms with Crippen LogP contribution in [0.3, 0.4) is 0 Å². The Balaban J connectivity index is 1.51. The van der Waals surface area contributed by atoms with Crippen molar-refractivity contribution < 1.29 is 0 Å². The molecule has 2 atom stereocenters. The highest BCUT2D eigenvalue weighted by Crippen LogP contribution is 2.43. The fourth-order valence-corrected chi connectivity index (χ4v) is 2.77. The number of rotatable bonds is 2. The Morgan fingerprint density at radius 3 is 1.83 bits per heavy atom. The van der Waals surface area contributed by atoms with Crippen molar-refractivity contribution in [1.29, 1.82) is 0 Å². The molecule has 0 radical (unpaired) electrons. The second-order valence-electron chi connectivity index (χ2n) is 5.03. The van der Waals surface area contributed by atoms with E-state index in [0.717, 1.165) is 23.8 Å². The van der Waals surface area contributed by atoms with E-state index in [-0.39, 0.29) is 0 Å². The van der Waals surface area contributed by atoms with Gasteiger partial charge >= 0.3 is 0 Å². The molecule has 0 aromatic heterocycles. The predicted octanol–water partition coefficient (Wildman–Crippen LogP) is 2.17. The maximum absolute atomic E-state index is 3.75. The zero-order valence-corrected chi connectivity index (χ0v) is 7.76. The number of hydrogen-bond donors (Lipinski definition) is 1. The first-order valence-corrected chi connectivity index (χ1v) is 5.67. The van der Waals surface area contributed by atoms with Crippen molar-refractivity contribution >= 4 is 0 Å². The second-order valence-corrected chi connectivity index (χ2v) is 5.03. The lowest BCUT2D eigenvalue weighted by Gasteiger charge is -2.30. The largest absolute Gasteiger partial charge is 0.313 e. The van der Waals surface area contributed by atoms with Gasteiger partial charge in [0.15, 0.2) is 0 Å². The average Bonchev–Trinajstić information content (AvgIpc) is 2.98. The predicted molar refractivity (Wildman–Crippen MR) is 50.0 cm³/mol. The zero-order valence-electron chi connectivity index (χ0n) is 7.76. The number of piperidine rings is 1. The molecule has 3 rings (SSSR count). The van der Waals surface area contributed by atoms with Crippen molar-refractivity contribution in [2.75, 3.05) is 6.54 Å². The molecule has 0 aromatic rings. The van der Waals surface area contributed by atoms with Gasteiger partial charge in [-0.05, 0) is 62.8 Å². The molecule has 1 heteroatoms. The molecule has 3 aliphatic rings. The zero-order chi connectivity index (χ0) is 7.97. The molecule has 0 amide bonds. The smallest absolute Gasteiger partial charge is 0.00955 e. The molecule has 2 unspecified atom stereocenters. The summed E-state index contributed by atoms with van der Waals surface area (Å²) in [6.45, 7) is 1.34. The molecule has 1 N–H and O–H groups in total. The highest BCUT2D eigenvalue weighted by Gasteiger charge is 2.38. The molecule has 2 saturated carbocycles. The highest BCUT2D eigenvalue weighted by molar-refractivity contribution is 4.93. The molecule has 3 fully saturated rings. The molecule has 12 heavy (non-hydrogen) atoms. The van der Waals surface area contributed by atoms with Crippen molar-refractivity contribution in [2.24, 2.45) is 17.8 Å². The summed E-state index contributed by atoms with van der Waals surface area (Å²) in [4.78, 5) is 0. The minimum atomic E-state index is 0.917. The van der Waals surface area contributed by atoms with E-state index < -0.39 is 0 Å². The summed E-state index contributed by atoms with van der Waals surface area (Å²) in [5.74, 6) is 3.25. The van der Waals surface area contributed by atoms with Crippen LogP contribution in [-0.4, -0.2) is 12.6 Å². The SMILES string of the molecule is C1CC1C1CCC(C2CC2)NC1. The minimum Gasteiger partial charge on any atom is -0.313 e. The minimum absolute atomic E-state index is 0.917. The molecule has 0 aromatic carbocycles. The van der Waals surface area contributed by atoms with E-state index in [2.05, 4.69) is 5.32 Å². The van der Waals surface area contributed by atoms with Crippen LogP contribution in [0, 0.1) is 17.8 Å². The van der Waals surface area contributed by atoms with Gasteiger partial charge in [-0.1, -0.05) is 0 Å². The van der Waals surface area contributed by atoms with Gasteiger partial charge in [0.2, 0.25) is 0 Å². The van der Waals surface area contributed by atoms with Gasteiger partial charge < -0.3 is 5.32 Å². The molecule has 1 nitrogen and oxygen atoms in total. The summed E-state index contributed by atoms with van der Waals surface area (Å²) in [7, 11) is 0. The van der Waals surface area contributed by atoms with E-state index in [1.54, 1.807) is 0 Å². The van der Waals surface area contributed by atoms with Gasteiger partial charge in [0.25, 0.3) is 0 Å². The third-order valence-corrected chi connectivity index (χ3v) is 3.97. The lowest BCUT2D eigenvalue weighted by Crippen LogP contribution is -2.40. The molecule has 1 aliphatic heterocycles. The normalized spacial score (nSPS) is 43.0. The Kier molecular flexibility index (Phi) is 1.68. The maximum atomic E-state index is 3.75. The Morgan fingerprint density at radius 2 is 1.33 bits per heavy atom. The van der Waals surface area contributed by atoms with E-state index in [0.29, 0.717) is 0 Å². The summed E-state index contributed by atoms with van der Waals surface area (Å²) < 4.78 is 0. The standard InChI is InChI=1S/C11H19N/c1-2-8(1)10-5-6-11(12-7-10)9-3-4-9/h8-12H,1-7H2. The Hall–Kier alpha value is -0.0400. The van der Waals surface area contributed by atoms with E-state index in [4.69, 9.17) is 0 Å². The van der Waals surface area contributed by atoms with Gasteiger partial charge in [-0.15, -0.1) is 0 Å². The van der Waals surface area contributed by atoms with Crippen molar-refractivity contribution in [2.45, 2.75) is 44.6 Å². The lowest BCUT2D eigenvalue weighted by molar-refractivity contribution is 0.268.